The molecule has 0 fully saturated rings. The molecule has 0 saturated carbocycles. The Morgan fingerprint density at radius 1 is 1.16 bits per heavy atom. The average molecular weight is 587 g/mol. The molecule has 1 N–H and O–H groups in total. The molecule has 2 aromatic carbocycles. The molecular weight excluding hydrogens is 571 g/mol. The molecule has 12 heteroatoms. The molecule has 0 spiro atoms. The number of hydrogen-bond donors (Lipinski definition) is 1. The fourth-order valence-electron chi connectivity index (χ4n) is 3.25. The first-order valence-corrected chi connectivity index (χ1v) is 11.9. The summed E-state index contributed by atoms with van der Waals surface area (Å²) in [7, 11) is -3.20. The first-order valence-electron chi connectivity index (χ1n) is 8.80. The van der Waals surface area contributed by atoms with E-state index in [1.54, 1.807) is 12.1 Å². The third kappa shape index (κ3) is 5.60. The van der Waals surface area contributed by atoms with Crippen molar-refractivity contribution < 1.29 is 35.9 Å². The average Bonchev–Trinajstić information content (AvgIpc) is 3.04. The molecule has 1 unspecified atom stereocenters. The highest BCUT2D eigenvalue weighted by Crippen LogP contribution is 2.37. The summed E-state index contributed by atoms with van der Waals surface area (Å²) in [6.07, 6.45) is -4.28. The minimum Gasteiger partial charge on any atom is -0.481 e. The predicted molar refractivity (Wildman–Crippen MR) is 112 cm³/mol. The standard InChI is InChI=1S/C19H16Br2F3NO5S/c1-29-18(26)9-30-16-7-11-5-13(4-10(11)6-15(16)21)25-31(27,28)17-3-2-12(20)8-14(17)19(22,23)24/h2-3,6-8,13,25H,4-5,9H2,1H3. The Bertz CT molecular complexity index is 1120. The van der Waals surface area contributed by atoms with Crippen LogP contribution in [-0.4, -0.2) is 34.1 Å². The van der Waals surface area contributed by atoms with E-state index in [4.69, 9.17) is 4.74 Å². The Morgan fingerprint density at radius 2 is 1.81 bits per heavy atom. The van der Waals surface area contributed by atoms with E-state index in [0.29, 0.717) is 16.6 Å². The summed E-state index contributed by atoms with van der Waals surface area (Å²) in [6, 6.07) is 5.67. The monoisotopic (exact) mass is 585 g/mol. The molecular formula is C19H16Br2F3NO5S. The minimum absolute atomic E-state index is 0.122. The van der Waals surface area contributed by atoms with Crippen molar-refractivity contribution in [3.63, 3.8) is 0 Å². The van der Waals surface area contributed by atoms with Crippen LogP contribution in [0.25, 0.3) is 0 Å². The van der Waals surface area contributed by atoms with Crippen LogP contribution < -0.4 is 9.46 Å². The van der Waals surface area contributed by atoms with Crippen molar-refractivity contribution in [2.75, 3.05) is 13.7 Å². The largest absolute Gasteiger partial charge is 0.481 e. The van der Waals surface area contributed by atoms with Crippen molar-refractivity contribution >= 4 is 47.9 Å². The number of carbonyl (C=O) groups excluding carboxylic acids is 1. The summed E-state index contributed by atoms with van der Waals surface area (Å²) in [5, 5.41) is 0. The zero-order valence-electron chi connectivity index (χ0n) is 15.9. The fourth-order valence-corrected chi connectivity index (χ4v) is 5.56. The number of methoxy groups -OCH3 is 1. The van der Waals surface area contributed by atoms with Crippen LogP contribution in [0, 0.1) is 0 Å². The summed E-state index contributed by atoms with van der Waals surface area (Å²) in [5.41, 5.74) is 0.339. The van der Waals surface area contributed by atoms with Crippen molar-refractivity contribution in [2.45, 2.75) is 30.0 Å². The number of sulfonamides is 1. The smallest absolute Gasteiger partial charge is 0.417 e. The first-order chi connectivity index (χ1) is 14.4. The second-order valence-corrected chi connectivity index (χ2v) is 10.2. The van der Waals surface area contributed by atoms with Crippen molar-refractivity contribution in [1.82, 2.24) is 4.72 Å². The predicted octanol–water partition coefficient (Wildman–Crippen LogP) is 4.23. The van der Waals surface area contributed by atoms with Crippen molar-refractivity contribution in [1.29, 1.82) is 0 Å². The third-order valence-corrected chi connectivity index (χ3v) is 7.31. The maximum Gasteiger partial charge on any atom is 0.417 e. The van der Waals surface area contributed by atoms with Crippen LogP contribution >= 0.6 is 31.9 Å². The summed E-state index contributed by atoms with van der Waals surface area (Å²) in [6.45, 7) is -0.298. The molecule has 0 amide bonds. The molecule has 0 bridgehead atoms. The minimum atomic E-state index is -4.83. The zero-order chi connectivity index (χ0) is 23.0. The van der Waals surface area contributed by atoms with Crippen LogP contribution in [-0.2, 0) is 38.6 Å². The molecule has 6 nitrogen and oxygen atoms in total. The number of hydrogen-bond acceptors (Lipinski definition) is 5. The number of nitrogens with one attached hydrogen (secondary N) is 1. The first kappa shape index (κ1) is 24.0. The molecule has 2 aromatic rings. The van der Waals surface area contributed by atoms with Gasteiger partial charge < -0.3 is 9.47 Å². The number of carbonyl (C=O) groups is 1. The maximum absolute atomic E-state index is 13.4. The number of alkyl halides is 3. The summed E-state index contributed by atoms with van der Waals surface area (Å²) in [4.78, 5) is 10.4. The van der Waals surface area contributed by atoms with E-state index in [0.717, 1.165) is 23.3 Å². The van der Waals surface area contributed by atoms with Gasteiger partial charge in [0.05, 0.1) is 22.0 Å². The molecule has 168 valence electrons. The van der Waals surface area contributed by atoms with E-state index < -0.39 is 38.7 Å². The fraction of sp³-hybridized carbons (Fsp3) is 0.316. The van der Waals surface area contributed by atoms with Gasteiger partial charge in [-0.1, -0.05) is 15.9 Å². The van der Waals surface area contributed by atoms with Crippen LogP contribution in [0.15, 0.2) is 44.2 Å². The van der Waals surface area contributed by atoms with Crippen LogP contribution in [0.5, 0.6) is 5.75 Å². The molecule has 31 heavy (non-hydrogen) atoms. The summed E-state index contributed by atoms with van der Waals surface area (Å²) < 4.78 is 78.6. The molecule has 1 atom stereocenters. The Hall–Kier alpha value is -1.63. The normalized spacial score (nSPS) is 16.1. The van der Waals surface area contributed by atoms with Gasteiger partial charge in [-0.15, -0.1) is 0 Å². The summed E-state index contributed by atoms with van der Waals surface area (Å²) in [5.74, 6) is -0.187. The van der Waals surface area contributed by atoms with Gasteiger partial charge in [0, 0.05) is 10.5 Å². The van der Waals surface area contributed by atoms with Gasteiger partial charge in [-0.05, 0) is 70.2 Å². The SMILES string of the molecule is COC(=O)COc1cc2c(cc1Br)CC(NS(=O)(=O)c1ccc(Br)cc1C(F)(F)F)C2. The lowest BCUT2D eigenvalue weighted by Crippen LogP contribution is -2.36. The van der Waals surface area contributed by atoms with Crippen LogP contribution in [0.3, 0.4) is 0 Å². The highest BCUT2D eigenvalue weighted by atomic mass is 79.9. The quantitative estimate of drug-likeness (QED) is 0.513. The van der Waals surface area contributed by atoms with Gasteiger partial charge in [0.25, 0.3) is 0 Å². The molecule has 1 aliphatic rings. The maximum atomic E-state index is 13.4. The molecule has 1 aliphatic carbocycles. The van der Waals surface area contributed by atoms with E-state index in [9.17, 15) is 26.4 Å². The molecule has 3 rings (SSSR count). The van der Waals surface area contributed by atoms with Gasteiger partial charge in [0.2, 0.25) is 10.0 Å². The van der Waals surface area contributed by atoms with Crippen molar-refractivity contribution in [3.05, 3.63) is 56.0 Å². The molecule has 0 radical (unpaired) electrons. The number of fused-ring (bicyclic) bond motifs is 1. The van der Waals surface area contributed by atoms with E-state index in [-0.39, 0.29) is 17.5 Å². The molecule has 0 saturated heterocycles. The van der Waals surface area contributed by atoms with E-state index in [1.807, 2.05) is 0 Å². The van der Waals surface area contributed by atoms with E-state index in [2.05, 4.69) is 41.3 Å². The number of halogens is 5. The topological polar surface area (TPSA) is 81.7 Å². The van der Waals surface area contributed by atoms with Gasteiger partial charge in [0.15, 0.2) is 6.61 Å². The van der Waals surface area contributed by atoms with Gasteiger partial charge in [-0.25, -0.2) is 17.9 Å². The van der Waals surface area contributed by atoms with Crippen LogP contribution in [0.1, 0.15) is 16.7 Å². The highest BCUT2D eigenvalue weighted by Gasteiger charge is 2.38. The van der Waals surface area contributed by atoms with Gasteiger partial charge in [-0.2, -0.15) is 13.2 Å². The third-order valence-electron chi connectivity index (χ3n) is 4.62. The Labute approximate surface area is 193 Å². The Kier molecular flexibility index (Phi) is 7.04. The lowest BCUT2D eigenvalue weighted by Gasteiger charge is -2.17. The number of ether oxygens (including phenoxy) is 2. The van der Waals surface area contributed by atoms with Crippen molar-refractivity contribution in [3.8, 4) is 5.75 Å². The highest BCUT2D eigenvalue weighted by molar-refractivity contribution is 9.10. The van der Waals surface area contributed by atoms with Gasteiger partial charge in [0.1, 0.15) is 5.75 Å². The van der Waals surface area contributed by atoms with E-state index >= 15 is 0 Å². The second kappa shape index (κ2) is 9.08. The lowest BCUT2D eigenvalue weighted by atomic mass is 10.1. The number of benzene rings is 2. The van der Waals surface area contributed by atoms with Crippen LogP contribution in [0.2, 0.25) is 0 Å². The zero-order valence-corrected chi connectivity index (χ0v) is 19.9. The molecule has 0 aliphatic heterocycles. The number of rotatable bonds is 6. The van der Waals surface area contributed by atoms with Crippen LogP contribution in [0.4, 0.5) is 13.2 Å². The molecule has 0 aromatic heterocycles. The van der Waals surface area contributed by atoms with E-state index in [1.165, 1.54) is 13.2 Å². The lowest BCUT2D eigenvalue weighted by molar-refractivity contribution is -0.143. The van der Waals surface area contributed by atoms with Gasteiger partial charge in [-0.3, -0.25) is 0 Å². The second-order valence-electron chi connectivity index (χ2n) is 6.78. The molecule has 0 heterocycles. The Morgan fingerprint density at radius 3 is 2.42 bits per heavy atom. The van der Waals surface area contributed by atoms with Gasteiger partial charge >= 0.3 is 12.1 Å². The summed E-state index contributed by atoms with van der Waals surface area (Å²) >= 11 is 6.28. The Balaban J connectivity index is 1.80. The van der Waals surface area contributed by atoms with Crippen molar-refractivity contribution in [2.24, 2.45) is 0 Å². The number of esters is 1.